The Kier molecular flexibility index (Phi) is 3.66. The van der Waals surface area contributed by atoms with Crippen molar-refractivity contribution in [1.29, 1.82) is 0 Å². The molecule has 1 aromatic heterocycles. The molecule has 2 aromatic rings. The average molecular weight is 249 g/mol. The van der Waals surface area contributed by atoms with E-state index in [1.54, 1.807) is 25.6 Å². The molecule has 0 aliphatic carbocycles. The molecule has 1 heterocycles. The molecule has 4 heteroatoms. The third kappa shape index (κ3) is 2.28. The quantitative estimate of drug-likeness (QED) is 0.906. The highest BCUT2D eigenvalue weighted by Gasteiger charge is 2.11. The van der Waals surface area contributed by atoms with Crippen molar-refractivity contribution in [3.8, 4) is 22.6 Å². The van der Waals surface area contributed by atoms with Crippen LogP contribution < -0.4 is 15.2 Å². The van der Waals surface area contributed by atoms with E-state index in [9.17, 15) is 0 Å². The van der Waals surface area contributed by atoms with Crippen LogP contribution in [0.15, 0.2) is 29.0 Å². The van der Waals surface area contributed by atoms with Gasteiger partial charge >= 0.3 is 0 Å². The summed E-state index contributed by atoms with van der Waals surface area (Å²) in [5.74, 6) is 1.44. The highest BCUT2D eigenvalue weighted by atomic mass is 32.1. The number of thiophene rings is 1. The minimum absolute atomic E-state index is 0.478. The van der Waals surface area contributed by atoms with Crippen LogP contribution in [0, 0.1) is 0 Å². The van der Waals surface area contributed by atoms with E-state index in [1.165, 1.54) is 0 Å². The molecule has 0 radical (unpaired) electrons. The molecule has 0 aliphatic rings. The van der Waals surface area contributed by atoms with Gasteiger partial charge in [0.05, 0.1) is 14.2 Å². The van der Waals surface area contributed by atoms with E-state index < -0.39 is 0 Å². The largest absolute Gasteiger partial charge is 0.493 e. The average Bonchev–Trinajstić information content (AvgIpc) is 2.90. The second kappa shape index (κ2) is 5.21. The molecule has 17 heavy (non-hydrogen) atoms. The maximum absolute atomic E-state index is 5.78. The molecule has 1 aromatic carbocycles. The molecule has 2 N–H and O–H groups in total. The van der Waals surface area contributed by atoms with Gasteiger partial charge in [0.2, 0.25) is 0 Å². The van der Waals surface area contributed by atoms with Gasteiger partial charge in [0, 0.05) is 6.54 Å². The molecule has 0 fully saturated rings. The summed E-state index contributed by atoms with van der Waals surface area (Å²) in [7, 11) is 3.26. The number of ether oxygens (including phenoxy) is 2. The maximum Gasteiger partial charge on any atom is 0.161 e. The third-order valence-electron chi connectivity index (χ3n) is 2.66. The molecule has 0 spiro atoms. The van der Waals surface area contributed by atoms with Gasteiger partial charge in [-0.05, 0) is 45.6 Å². The lowest BCUT2D eigenvalue weighted by Crippen LogP contribution is -2.01. The van der Waals surface area contributed by atoms with Crippen LogP contribution >= 0.6 is 11.3 Å². The highest BCUT2D eigenvalue weighted by molar-refractivity contribution is 7.08. The van der Waals surface area contributed by atoms with E-state index in [1.807, 2.05) is 17.5 Å². The summed E-state index contributed by atoms with van der Waals surface area (Å²) in [5, 5.41) is 4.15. The Bertz CT molecular complexity index is 494. The van der Waals surface area contributed by atoms with Crippen LogP contribution in [0.2, 0.25) is 0 Å². The first-order valence-electron chi connectivity index (χ1n) is 5.27. The van der Waals surface area contributed by atoms with Crippen LogP contribution in [-0.4, -0.2) is 14.2 Å². The topological polar surface area (TPSA) is 44.5 Å². The number of rotatable bonds is 4. The van der Waals surface area contributed by atoms with Crippen molar-refractivity contribution in [2.24, 2.45) is 5.73 Å². The lowest BCUT2D eigenvalue weighted by molar-refractivity contribution is 0.354. The van der Waals surface area contributed by atoms with Crippen molar-refractivity contribution in [1.82, 2.24) is 0 Å². The Morgan fingerprint density at radius 3 is 2.41 bits per heavy atom. The summed E-state index contributed by atoms with van der Waals surface area (Å²) in [4.78, 5) is 0. The molecule has 0 unspecified atom stereocenters. The SMILES string of the molecule is COc1cc(CN)c(-c2ccsc2)cc1OC. The number of hydrogen-bond acceptors (Lipinski definition) is 4. The van der Waals surface area contributed by atoms with Gasteiger partial charge in [-0.3, -0.25) is 0 Å². The molecular weight excluding hydrogens is 234 g/mol. The van der Waals surface area contributed by atoms with Gasteiger partial charge in [-0.15, -0.1) is 0 Å². The minimum Gasteiger partial charge on any atom is -0.493 e. The summed E-state index contributed by atoms with van der Waals surface area (Å²) in [5.41, 5.74) is 9.10. The normalized spacial score (nSPS) is 10.3. The molecular formula is C13H15NO2S. The zero-order valence-corrected chi connectivity index (χ0v) is 10.7. The fraction of sp³-hybridized carbons (Fsp3) is 0.231. The molecule has 3 nitrogen and oxygen atoms in total. The van der Waals surface area contributed by atoms with Gasteiger partial charge < -0.3 is 15.2 Å². The number of benzene rings is 1. The summed E-state index contributed by atoms with van der Waals surface area (Å²) in [6.45, 7) is 0.478. The maximum atomic E-state index is 5.78. The van der Waals surface area contributed by atoms with Crippen molar-refractivity contribution in [2.75, 3.05) is 14.2 Å². The second-order valence-electron chi connectivity index (χ2n) is 3.58. The summed E-state index contributed by atoms with van der Waals surface area (Å²) in [6.07, 6.45) is 0. The molecule has 0 saturated carbocycles. The molecule has 2 rings (SSSR count). The Labute approximate surface area is 105 Å². The summed E-state index contributed by atoms with van der Waals surface area (Å²) < 4.78 is 10.6. The van der Waals surface area contributed by atoms with Crippen LogP contribution in [0.25, 0.3) is 11.1 Å². The first-order valence-corrected chi connectivity index (χ1v) is 6.22. The molecule has 0 aliphatic heterocycles. The van der Waals surface area contributed by atoms with Gasteiger partial charge in [-0.2, -0.15) is 11.3 Å². The first-order chi connectivity index (χ1) is 8.30. The zero-order valence-electron chi connectivity index (χ0n) is 9.90. The number of methoxy groups -OCH3 is 2. The molecule has 0 amide bonds. The first kappa shape index (κ1) is 12.0. The van der Waals surface area contributed by atoms with Crippen molar-refractivity contribution in [3.63, 3.8) is 0 Å². The summed E-state index contributed by atoms with van der Waals surface area (Å²) in [6, 6.07) is 5.99. The minimum atomic E-state index is 0.478. The monoisotopic (exact) mass is 249 g/mol. The zero-order chi connectivity index (χ0) is 12.3. The van der Waals surface area contributed by atoms with Gasteiger partial charge in [0.25, 0.3) is 0 Å². The van der Waals surface area contributed by atoms with E-state index in [4.69, 9.17) is 15.2 Å². The Balaban J connectivity index is 2.58. The summed E-state index contributed by atoms with van der Waals surface area (Å²) >= 11 is 1.66. The van der Waals surface area contributed by atoms with Crippen LogP contribution in [0.5, 0.6) is 11.5 Å². The van der Waals surface area contributed by atoms with E-state index in [2.05, 4.69) is 11.4 Å². The predicted molar refractivity (Wildman–Crippen MR) is 70.8 cm³/mol. The van der Waals surface area contributed by atoms with Crippen LogP contribution in [0.4, 0.5) is 0 Å². The van der Waals surface area contributed by atoms with Crippen LogP contribution in [-0.2, 0) is 6.54 Å². The van der Waals surface area contributed by atoms with E-state index in [0.717, 1.165) is 22.4 Å². The third-order valence-corrected chi connectivity index (χ3v) is 3.34. The molecule has 90 valence electrons. The van der Waals surface area contributed by atoms with Crippen molar-refractivity contribution in [3.05, 3.63) is 34.5 Å². The van der Waals surface area contributed by atoms with Crippen molar-refractivity contribution < 1.29 is 9.47 Å². The smallest absolute Gasteiger partial charge is 0.161 e. The van der Waals surface area contributed by atoms with Crippen molar-refractivity contribution >= 4 is 11.3 Å². The lowest BCUT2D eigenvalue weighted by atomic mass is 10.0. The van der Waals surface area contributed by atoms with Crippen LogP contribution in [0.3, 0.4) is 0 Å². The highest BCUT2D eigenvalue weighted by Crippen LogP contribution is 2.36. The Morgan fingerprint density at radius 2 is 1.88 bits per heavy atom. The predicted octanol–water partition coefficient (Wildman–Crippen LogP) is 2.89. The van der Waals surface area contributed by atoms with Gasteiger partial charge in [0.1, 0.15) is 0 Å². The van der Waals surface area contributed by atoms with Crippen molar-refractivity contribution in [2.45, 2.75) is 6.54 Å². The number of nitrogens with two attached hydrogens (primary N) is 1. The Hall–Kier alpha value is -1.52. The van der Waals surface area contributed by atoms with E-state index in [-0.39, 0.29) is 0 Å². The Morgan fingerprint density at radius 1 is 1.18 bits per heavy atom. The van der Waals surface area contributed by atoms with Gasteiger partial charge in [0.15, 0.2) is 11.5 Å². The van der Waals surface area contributed by atoms with Gasteiger partial charge in [-0.25, -0.2) is 0 Å². The molecule has 0 atom stereocenters. The van der Waals surface area contributed by atoms with E-state index in [0.29, 0.717) is 12.3 Å². The lowest BCUT2D eigenvalue weighted by Gasteiger charge is -2.13. The molecule has 0 saturated heterocycles. The van der Waals surface area contributed by atoms with E-state index >= 15 is 0 Å². The fourth-order valence-electron chi connectivity index (χ4n) is 1.78. The van der Waals surface area contributed by atoms with Gasteiger partial charge in [-0.1, -0.05) is 0 Å². The second-order valence-corrected chi connectivity index (χ2v) is 4.36. The number of hydrogen-bond donors (Lipinski definition) is 1. The van der Waals surface area contributed by atoms with Crippen LogP contribution in [0.1, 0.15) is 5.56 Å². The fourth-order valence-corrected chi connectivity index (χ4v) is 2.43. The standard InChI is InChI=1S/C13H15NO2S/c1-15-12-5-10(7-14)11(6-13(12)16-2)9-3-4-17-8-9/h3-6,8H,7,14H2,1-2H3. The molecule has 0 bridgehead atoms.